The molecule has 0 aliphatic rings. The van der Waals surface area contributed by atoms with Crippen molar-refractivity contribution in [1.29, 1.82) is 0 Å². The van der Waals surface area contributed by atoms with E-state index in [0.717, 1.165) is 12.1 Å². The predicted molar refractivity (Wildman–Crippen MR) is 43.3 cm³/mol. The lowest BCUT2D eigenvalue weighted by atomic mass is 10.2. The number of phenolic OH excluding ortho intramolecular Hbond substituents is 1. The number of aromatic hydroxyl groups is 1. The Hall–Kier alpha value is -1.92. The number of alkyl halides is 3. The van der Waals surface area contributed by atoms with Gasteiger partial charge in [-0.25, -0.2) is 0 Å². The van der Waals surface area contributed by atoms with Gasteiger partial charge in [0.15, 0.2) is 0 Å². The Kier molecular flexibility index (Phi) is 2.74. The molecule has 0 radical (unpaired) electrons. The van der Waals surface area contributed by atoms with E-state index in [1.54, 1.807) is 0 Å². The molecule has 0 aromatic heterocycles. The van der Waals surface area contributed by atoms with Crippen LogP contribution in [0.3, 0.4) is 0 Å². The highest BCUT2D eigenvalue weighted by atomic mass is 19.4. The summed E-state index contributed by atoms with van der Waals surface area (Å²) in [5, 5.41) is 8.92. The Morgan fingerprint density at radius 3 is 2.47 bits per heavy atom. The van der Waals surface area contributed by atoms with Gasteiger partial charge in [0.25, 0.3) is 5.91 Å². The molecule has 1 aromatic rings. The third-order valence-electron chi connectivity index (χ3n) is 1.46. The smallest absolute Gasteiger partial charge is 0.508 e. The van der Waals surface area contributed by atoms with Gasteiger partial charge in [-0.15, -0.1) is 13.2 Å². The first-order valence-electron chi connectivity index (χ1n) is 3.68. The number of hydrogen-bond donors (Lipinski definition) is 2. The summed E-state index contributed by atoms with van der Waals surface area (Å²) in [6.45, 7) is 0. The molecule has 0 saturated heterocycles. The number of phenols is 1. The topological polar surface area (TPSA) is 72.6 Å². The maximum absolute atomic E-state index is 11.9. The minimum Gasteiger partial charge on any atom is -0.508 e. The molecular formula is C8H6F3NO3. The minimum absolute atomic E-state index is 0.454. The molecule has 0 bridgehead atoms. The fourth-order valence-electron chi connectivity index (χ4n) is 0.924. The van der Waals surface area contributed by atoms with Gasteiger partial charge in [0, 0.05) is 6.07 Å². The van der Waals surface area contributed by atoms with E-state index in [1.807, 2.05) is 0 Å². The molecule has 0 atom stereocenters. The Balaban J connectivity index is 3.13. The van der Waals surface area contributed by atoms with Crippen LogP contribution in [0.4, 0.5) is 13.2 Å². The fraction of sp³-hybridized carbons (Fsp3) is 0.125. The number of carbonyl (C=O) groups is 1. The standard InChI is InChI=1S/C8H6F3NO3/c9-8(10,11)15-6-3-4(13)1-2-5(6)7(12)14/h1-3,13H,(H2,12,14). The average Bonchev–Trinajstić information content (AvgIpc) is 1.99. The van der Waals surface area contributed by atoms with Crippen LogP contribution in [0.5, 0.6) is 11.5 Å². The minimum atomic E-state index is -4.95. The van der Waals surface area contributed by atoms with Crippen molar-refractivity contribution in [3.8, 4) is 11.5 Å². The molecule has 0 aliphatic carbocycles. The summed E-state index contributed by atoms with van der Waals surface area (Å²) in [5.74, 6) is -2.36. The quantitative estimate of drug-likeness (QED) is 0.792. The van der Waals surface area contributed by atoms with Gasteiger partial charge >= 0.3 is 6.36 Å². The van der Waals surface area contributed by atoms with Gasteiger partial charge < -0.3 is 15.6 Å². The van der Waals surface area contributed by atoms with Crippen molar-refractivity contribution in [3.63, 3.8) is 0 Å². The predicted octanol–water partition coefficient (Wildman–Crippen LogP) is 1.39. The van der Waals surface area contributed by atoms with Gasteiger partial charge in [-0.05, 0) is 12.1 Å². The molecule has 15 heavy (non-hydrogen) atoms. The number of rotatable bonds is 2. The molecule has 0 unspecified atom stereocenters. The molecule has 1 amide bonds. The van der Waals surface area contributed by atoms with E-state index < -0.39 is 29.3 Å². The van der Waals surface area contributed by atoms with Crippen LogP contribution in [-0.4, -0.2) is 17.4 Å². The molecule has 1 aromatic carbocycles. The normalized spacial score (nSPS) is 11.1. The second kappa shape index (κ2) is 3.68. The molecule has 4 nitrogen and oxygen atoms in total. The molecule has 3 N–H and O–H groups in total. The van der Waals surface area contributed by atoms with Crippen LogP contribution in [0.1, 0.15) is 10.4 Å². The number of primary amides is 1. The Labute approximate surface area is 82.1 Å². The molecule has 0 heterocycles. The molecular weight excluding hydrogens is 215 g/mol. The third-order valence-corrected chi connectivity index (χ3v) is 1.46. The van der Waals surface area contributed by atoms with Crippen molar-refractivity contribution in [3.05, 3.63) is 23.8 Å². The van der Waals surface area contributed by atoms with Gasteiger partial charge in [0.1, 0.15) is 11.5 Å². The van der Waals surface area contributed by atoms with Gasteiger partial charge in [-0.1, -0.05) is 0 Å². The second-order valence-corrected chi connectivity index (χ2v) is 2.59. The van der Waals surface area contributed by atoms with Crippen molar-refractivity contribution >= 4 is 5.91 Å². The summed E-state index contributed by atoms with van der Waals surface area (Å²) >= 11 is 0. The zero-order chi connectivity index (χ0) is 11.6. The number of carbonyl (C=O) groups excluding carboxylic acids is 1. The zero-order valence-electron chi connectivity index (χ0n) is 7.21. The lowest BCUT2D eigenvalue weighted by Crippen LogP contribution is -2.20. The summed E-state index contributed by atoms with van der Waals surface area (Å²) in [6, 6.07) is 2.63. The summed E-state index contributed by atoms with van der Waals surface area (Å²) < 4.78 is 39.1. The van der Waals surface area contributed by atoms with E-state index in [1.165, 1.54) is 0 Å². The van der Waals surface area contributed by atoms with E-state index in [9.17, 15) is 18.0 Å². The van der Waals surface area contributed by atoms with Crippen LogP contribution in [0, 0.1) is 0 Å². The fourth-order valence-corrected chi connectivity index (χ4v) is 0.924. The number of halogens is 3. The van der Waals surface area contributed by atoms with Crippen molar-refractivity contribution in [2.45, 2.75) is 6.36 Å². The maximum Gasteiger partial charge on any atom is 0.573 e. The number of amides is 1. The summed E-state index contributed by atoms with van der Waals surface area (Å²) in [7, 11) is 0. The van der Waals surface area contributed by atoms with Crippen molar-refractivity contribution in [1.82, 2.24) is 0 Å². The highest BCUT2D eigenvalue weighted by Gasteiger charge is 2.32. The SMILES string of the molecule is NC(=O)c1ccc(O)cc1OC(F)(F)F. The van der Waals surface area contributed by atoms with Crippen LogP contribution in [0.2, 0.25) is 0 Å². The largest absolute Gasteiger partial charge is 0.573 e. The number of benzene rings is 1. The van der Waals surface area contributed by atoms with E-state index in [0.29, 0.717) is 6.07 Å². The van der Waals surface area contributed by atoms with E-state index in [4.69, 9.17) is 10.8 Å². The van der Waals surface area contributed by atoms with Crippen molar-refractivity contribution < 1.29 is 27.8 Å². The number of nitrogens with two attached hydrogens (primary N) is 1. The molecule has 82 valence electrons. The molecule has 7 heteroatoms. The third kappa shape index (κ3) is 3.04. The highest BCUT2D eigenvalue weighted by molar-refractivity contribution is 5.95. The van der Waals surface area contributed by atoms with Crippen molar-refractivity contribution in [2.24, 2.45) is 5.73 Å². The Morgan fingerprint density at radius 2 is 2.00 bits per heavy atom. The van der Waals surface area contributed by atoms with Gasteiger partial charge in [0.2, 0.25) is 0 Å². The number of ether oxygens (including phenoxy) is 1. The van der Waals surface area contributed by atoms with Crippen molar-refractivity contribution in [2.75, 3.05) is 0 Å². The first-order chi connectivity index (χ1) is 6.79. The van der Waals surface area contributed by atoms with Crippen LogP contribution in [-0.2, 0) is 0 Å². The van der Waals surface area contributed by atoms with Gasteiger partial charge in [-0.3, -0.25) is 4.79 Å². The number of hydrogen-bond acceptors (Lipinski definition) is 3. The highest BCUT2D eigenvalue weighted by Crippen LogP contribution is 2.29. The van der Waals surface area contributed by atoms with Crippen LogP contribution in [0.15, 0.2) is 18.2 Å². The Bertz CT molecular complexity index is 389. The monoisotopic (exact) mass is 221 g/mol. The second-order valence-electron chi connectivity index (χ2n) is 2.59. The summed E-state index contributed by atoms with van der Waals surface area (Å²) in [6.07, 6.45) is -4.95. The van der Waals surface area contributed by atoms with Crippen LogP contribution < -0.4 is 10.5 Å². The maximum atomic E-state index is 11.9. The molecule has 0 saturated carbocycles. The van der Waals surface area contributed by atoms with Gasteiger partial charge in [0.05, 0.1) is 5.56 Å². The lowest BCUT2D eigenvalue weighted by molar-refractivity contribution is -0.274. The average molecular weight is 221 g/mol. The molecule has 0 fully saturated rings. The summed E-state index contributed by atoms with van der Waals surface area (Å²) in [4.78, 5) is 10.7. The van der Waals surface area contributed by atoms with E-state index >= 15 is 0 Å². The van der Waals surface area contributed by atoms with Gasteiger partial charge in [-0.2, -0.15) is 0 Å². The zero-order valence-corrected chi connectivity index (χ0v) is 7.21. The first-order valence-corrected chi connectivity index (χ1v) is 3.68. The molecule has 0 spiro atoms. The molecule has 1 rings (SSSR count). The Morgan fingerprint density at radius 1 is 1.40 bits per heavy atom. The molecule has 0 aliphatic heterocycles. The summed E-state index contributed by atoms with van der Waals surface area (Å²) in [5.41, 5.74) is 4.36. The van der Waals surface area contributed by atoms with E-state index in [-0.39, 0.29) is 0 Å². The van der Waals surface area contributed by atoms with Crippen LogP contribution in [0.25, 0.3) is 0 Å². The lowest BCUT2D eigenvalue weighted by Gasteiger charge is -2.11. The van der Waals surface area contributed by atoms with Crippen LogP contribution >= 0.6 is 0 Å². The van der Waals surface area contributed by atoms with E-state index in [2.05, 4.69) is 4.74 Å². The first kappa shape index (κ1) is 11.2.